The lowest BCUT2D eigenvalue weighted by Gasteiger charge is -2.09. The van der Waals surface area contributed by atoms with Crippen LogP contribution in [0.3, 0.4) is 0 Å². The van der Waals surface area contributed by atoms with Gasteiger partial charge in [0.2, 0.25) is 0 Å². The van der Waals surface area contributed by atoms with Gasteiger partial charge in [-0.1, -0.05) is 11.6 Å². The van der Waals surface area contributed by atoms with Gasteiger partial charge in [-0.2, -0.15) is 0 Å². The number of aryl methyl sites for hydroxylation is 1. The zero-order valence-corrected chi connectivity index (χ0v) is 13.1. The van der Waals surface area contributed by atoms with Crippen LogP contribution in [0.5, 0.6) is 0 Å². The second-order valence-electron chi connectivity index (χ2n) is 4.50. The maximum atomic E-state index is 5.96. The van der Waals surface area contributed by atoms with Crippen LogP contribution < -0.4 is 5.32 Å². The molecule has 6 heteroatoms. The van der Waals surface area contributed by atoms with E-state index in [4.69, 9.17) is 11.6 Å². The molecule has 0 atom stereocenters. The van der Waals surface area contributed by atoms with Crippen LogP contribution >= 0.6 is 27.5 Å². The molecule has 20 heavy (non-hydrogen) atoms. The van der Waals surface area contributed by atoms with Gasteiger partial charge in [0.05, 0.1) is 24.6 Å². The van der Waals surface area contributed by atoms with E-state index in [-0.39, 0.29) is 0 Å². The zero-order valence-electron chi connectivity index (χ0n) is 10.8. The van der Waals surface area contributed by atoms with Gasteiger partial charge in [0.1, 0.15) is 4.60 Å². The van der Waals surface area contributed by atoms with Crippen LogP contribution in [0.15, 0.2) is 41.4 Å². The average molecular weight is 352 g/mol. The second kappa shape index (κ2) is 5.42. The fourth-order valence-corrected chi connectivity index (χ4v) is 2.59. The second-order valence-corrected chi connectivity index (χ2v) is 5.75. The SMILES string of the molecule is Cc1cc(Cl)ccc1NCc1cnc2cnc(Br)cn12. The van der Waals surface area contributed by atoms with Crippen molar-refractivity contribution in [2.24, 2.45) is 0 Å². The Kier molecular flexibility index (Phi) is 3.63. The van der Waals surface area contributed by atoms with Gasteiger partial charge in [0.25, 0.3) is 0 Å². The van der Waals surface area contributed by atoms with Gasteiger partial charge in [-0.3, -0.25) is 4.40 Å². The summed E-state index contributed by atoms with van der Waals surface area (Å²) in [7, 11) is 0. The Balaban J connectivity index is 1.85. The lowest BCUT2D eigenvalue weighted by atomic mass is 10.2. The van der Waals surface area contributed by atoms with Gasteiger partial charge in [0.15, 0.2) is 5.65 Å². The van der Waals surface area contributed by atoms with Gasteiger partial charge < -0.3 is 5.32 Å². The maximum Gasteiger partial charge on any atom is 0.155 e. The highest BCUT2D eigenvalue weighted by molar-refractivity contribution is 9.10. The summed E-state index contributed by atoms with van der Waals surface area (Å²) in [4.78, 5) is 8.49. The number of benzene rings is 1. The molecule has 1 N–H and O–H groups in total. The molecule has 3 rings (SSSR count). The number of hydrogen-bond acceptors (Lipinski definition) is 3. The molecule has 102 valence electrons. The summed E-state index contributed by atoms with van der Waals surface area (Å²) in [5, 5.41) is 4.15. The molecule has 0 aliphatic heterocycles. The van der Waals surface area contributed by atoms with Crippen LogP contribution in [0.2, 0.25) is 5.02 Å². The van der Waals surface area contributed by atoms with E-state index in [9.17, 15) is 0 Å². The predicted molar refractivity (Wildman–Crippen MR) is 84.2 cm³/mol. The molecule has 0 unspecified atom stereocenters. The van der Waals surface area contributed by atoms with E-state index in [2.05, 4.69) is 31.2 Å². The summed E-state index contributed by atoms with van der Waals surface area (Å²) in [6.45, 7) is 2.71. The number of fused-ring (bicyclic) bond motifs is 1. The minimum atomic E-state index is 0.681. The summed E-state index contributed by atoms with van der Waals surface area (Å²) >= 11 is 9.33. The quantitative estimate of drug-likeness (QED) is 0.773. The molecule has 0 bridgehead atoms. The van der Waals surface area contributed by atoms with Crippen molar-refractivity contribution in [2.45, 2.75) is 13.5 Å². The fraction of sp³-hybridized carbons (Fsp3) is 0.143. The van der Waals surface area contributed by atoms with Gasteiger partial charge in [-0.25, -0.2) is 9.97 Å². The third-order valence-electron chi connectivity index (χ3n) is 3.09. The molecule has 0 radical (unpaired) electrons. The Morgan fingerprint density at radius 2 is 2.15 bits per heavy atom. The van der Waals surface area contributed by atoms with Crippen molar-refractivity contribution in [3.8, 4) is 0 Å². The van der Waals surface area contributed by atoms with Crippen molar-refractivity contribution in [1.82, 2.24) is 14.4 Å². The summed E-state index contributed by atoms with van der Waals surface area (Å²) in [5.41, 5.74) is 4.09. The number of anilines is 1. The molecule has 3 aromatic rings. The number of hydrogen-bond donors (Lipinski definition) is 1. The van der Waals surface area contributed by atoms with Crippen molar-refractivity contribution in [3.63, 3.8) is 0 Å². The minimum Gasteiger partial charge on any atom is -0.379 e. The topological polar surface area (TPSA) is 42.2 Å². The molecular formula is C14H12BrClN4. The molecule has 2 heterocycles. The zero-order chi connectivity index (χ0) is 14.1. The Morgan fingerprint density at radius 1 is 1.30 bits per heavy atom. The first-order valence-electron chi connectivity index (χ1n) is 6.11. The summed E-state index contributed by atoms with van der Waals surface area (Å²) in [5.74, 6) is 0. The first-order valence-corrected chi connectivity index (χ1v) is 7.28. The Bertz CT molecular complexity index is 769. The Labute approximate surface area is 129 Å². The van der Waals surface area contributed by atoms with Crippen molar-refractivity contribution < 1.29 is 0 Å². The number of halogens is 2. The predicted octanol–water partition coefficient (Wildman–Crippen LogP) is 4.07. The first-order chi connectivity index (χ1) is 9.63. The number of rotatable bonds is 3. The highest BCUT2D eigenvalue weighted by Gasteiger charge is 2.05. The molecular weight excluding hydrogens is 340 g/mol. The summed E-state index contributed by atoms with van der Waals surface area (Å²) in [6, 6.07) is 5.81. The van der Waals surface area contributed by atoms with Crippen LogP contribution in [0, 0.1) is 6.92 Å². The number of nitrogens with zero attached hydrogens (tertiary/aromatic N) is 3. The minimum absolute atomic E-state index is 0.681. The smallest absolute Gasteiger partial charge is 0.155 e. The highest BCUT2D eigenvalue weighted by Crippen LogP contribution is 2.20. The number of nitrogens with one attached hydrogen (secondary N) is 1. The van der Waals surface area contributed by atoms with Crippen molar-refractivity contribution in [1.29, 1.82) is 0 Å². The highest BCUT2D eigenvalue weighted by atomic mass is 79.9. The normalized spacial score (nSPS) is 10.9. The lowest BCUT2D eigenvalue weighted by Crippen LogP contribution is -2.04. The van der Waals surface area contributed by atoms with Crippen molar-refractivity contribution in [3.05, 3.63) is 57.7 Å². The fourth-order valence-electron chi connectivity index (χ4n) is 2.06. The largest absolute Gasteiger partial charge is 0.379 e. The monoisotopic (exact) mass is 350 g/mol. The van der Waals surface area contributed by atoms with E-state index in [1.807, 2.05) is 41.9 Å². The van der Waals surface area contributed by atoms with E-state index in [1.165, 1.54) is 0 Å². The molecule has 0 aliphatic rings. The number of imidazole rings is 1. The molecule has 0 saturated heterocycles. The average Bonchev–Trinajstić information content (AvgIpc) is 2.80. The van der Waals surface area contributed by atoms with Gasteiger partial charge in [-0.15, -0.1) is 0 Å². The molecule has 0 amide bonds. The number of aromatic nitrogens is 3. The van der Waals surface area contributed by atoms with Crippen molar-refractivity contribution >= 4 is 38.9 Å². The van der Waals surface area contributed by atoms with Crippen molar-refractivity contribution in [2.75, 3.05) is 5.32 Å². The van der Waals surface area contributed by atoms with Gasteiger partial charge >= 0.3 is 0 Å². The molecule has 0 saturated carbocycles. The van der Waals surface area contributed by atoms with Gasteiger partial charge in [0, 0.05) is 16.9 Å². The molecule has 4 nitrogen and oxygen atoms in total. The molecule has 0 fully saturated rings. The standard InChI is InChI=1S/C14H12BrClN4/c1-9-4-10(16)2-3-12(9)17-5-11-6-19-14-7-18-13(15)8-20(11)14/h2-4,6-8,17H,5H2,1H3. The first kappa shape index (κ1) is 13.4. The van der Waals surface area contributed by atoms with Crippen LogP contribution in [-0.4, -0.2) is 14.4 Å². The van der Waals surface area contributed by atoms with Crippen LogP contribution in [0.25, 0.3) is 5.65 Å². The third kappa shape index (κ3) is 2.64. The van der Waals surface area contributed by atoms with Gasteiger partial charge in [-0.05, 0) is 46.6 Å². The molecule has 0 aliphatic carbocycles. The maximum absolute atomic E-state index is 5.96. The Morgan fingerprint density at radius 3 is 2.95 bits per heavy atom. The van der Waals surface area contributed by atoms with E-state index in [1.54, 1.807) is 6.20 Å². The third-order valence-corrected chi connectivity index (χ3v) is 3.73. The molecule has 1 aromatic carbocycles. The van der Waals surface area contributed by atoms with E-state index >= 15 is 0 Å². The lowest BCUT2D eigenvalue weighted by molar-refractivity contribution is 0.982. The van der Waals surface area contributed by atoms with Crippen LogP contribution in [-0.2, 0) is 6.54 Å². The Hall–Kier alpha value is -1.59. The molecule has 0 spiro atoms. The van der Waals surface area contributed by atoms with E-state index in [0.29, 0.717) is 6.54 Å². The van der Waals surface area contributed by atoms with Crippen LogP contribution in [0.1, 0.15) is 11.3 Å². The van der Waals surface area contributed by atoms with E-state index in [0.717, 1.165) is 32.2 Å². The van der Waals surface area contributed by atoms with Crippen LogP contribution in [0.4, 0.5) is 5.69 Å². The molecule has 2 aromatic heterocycles. The van der Waals surface area contributed by atoms with E-state index < -0.39 is 0 Å². The summed E-state index contributed by atoms with van der Waals surface area (Å²) < 4.78 is 2.79. The summed E-state index contributed by atoms with van der Waals surface area (Å²) in [6.07, 6.45) is 5.50.